The molecule has 0 saturated heterocycles. The molecule has 0 heterocycles. The molecule has 0 amide bonds. The average molecular weight is 287 g/mol. The Kier molecular flexibility index (Phi) is 9.06. The number of halogens is 3. The number of hydrogen-bond acceptors (Lipinski definition) is 6. The van der Waals surface area contributed by atoms with Crippen molar-refractivity contribution in [1.29, 1.82) is 0 Å². The third-order valence-electron chi connectivity index (χ3n) is 1.04. The highest BCUT2D eigenvalue weighted by molar-refractivity contribution is 8.07. The number of nitrogens with zero attached hydrogens (tertiary/aromatic N) is 3. The molecule has 0 unspecified atom stereocenters. The van der Waals surface area contributed by atoms with E-state index in [0.29, 0.717) is 8.88 Å². The number of nitrogens with one attached hydrogen (secondary N) is 1. The smallest absolute Gasteiger partial charge is 0.179 e. The standard InChI is InChI=1S/C7H9ClF2N4S2/c1-6(8)11-4-3-5-12-13-7(2)14(15-9)16-10/h3-5,13H,2H2,1H3/b4-3+,11-6?,12-5-. The second kappa shape index (κ2) is 9.49. The van der Waals surface area contributed by atoms with Crippen LogP contribution in [0.5, 0.6) is 0 Å². The minimum absolute atomic E-state index is 0.0401. The van der Waals surface area contributed by atoms with E-state index in [0.717, 1.165) is 0 Å². The summed E-state index contributed by atoms with van der Waals surface area (Å²) in [5.41, 5.74) is 2.32. The van der Waals surface area contributed by atoms with Gasteiger partial charge in [-0.1, -0.05) is 18.2 Å². The Morgan fingerprint density at radius 1 is 1.50 bits per heavy atom. The fourth-order valence-electron chi connectivity index (χ4n) is 0.474. The van der Waals surface area contributed by atoms with E-state index in [1.54, 1.807) is 6.92 Å². The normalized spacial score (nSPS) is 12.4. The first kappa shape index (κ1) is 15.3. The quantitative estimate of drug-likeness (QED) is 0.441. The maximum atomic E-state index is 12.0. The first-order chi connectivity index (χ1) is 7.61. The summed E-state index contributed by atoms with van der Waals surface area (Å²) in [5.74, 6) is -0.0401. The van der Waals surface area contributed by atoms with Crippen LogP contribution in [-0.2, 0) is 0 Å². The Bertz CT molecular complexity index is 301. The first-order valence-corrected chi connectivity index (χ1v) is 5.55. The SMILES string of the molecule is C=C(N/N=C\C=C\N=C(C)Cl)N(SF)SF. The molecule has 0 bridgehead atoms. The molecule has 0 atom stereocenters. The van der Waals surface area contributed by atoms with Crippen molar-refractivity contribution in [2.24, 2.45) is 10.1 Å². The van der Waals surface area contributed by atoms with Gasteiger partial charge in [0.1, 0.15) is 11.0 Å². The molecule has 4 nitrogen and oxygen atoms in total. The molecule has 0 aromatic rings. The Morgan fingerprint density at radius 2 is 2.12 bits per heavy atom. The monoisotopic (exact) mass is 286 g/mol. The highest BCUT2D eigenvalue weighted by Crippen LogP contribution is 2.26. The van der Waals surface area contributed by atoms with Crippen molar-refractivity contribution in [2.75, 3.05) is 0 Å². The summed E-state index contributed by atoms with van der Waals surface area (Å²) < 4.78 is 24.6. The predicted molar refractivity (Wildman–Crippen MR) is 68.1 cm³/mol. The van der Waals surface area contributed by atoms with E-state index in [9.17, 15) is 7.77 Å². The number of rotatable bonds is 7. The third kappa shape index (κ3) is 7.55. The minimum atomic E-state index is -0.322. The summed E-state index contributed by atoms with van der Waals surface area (Å²) in [6, 6.07) is 0. The van der Waals surface area contributed by atoms with Crippen molar-refractivity contribution in [1.82, 2.24) is 9.14 Å². The van der Waals surface area contributed by atoms with Crippen molar-refractivity contribution in [3.63, 3.8) is 0 Å². The van der Waals surface area contributed by atoms with E-state index in [4.69, 9.17) is 11.6 Å². The lowest BCUT2D eigenvalue weighted by Gasteiger charge is -2.12. The lowest BCUT2D eigenvalue weighted by molar-refractivity contribution is 0.702. The van der Waals surface area contributed by atoms with Gasteiger partial charge in [0.2, 0.25) is 0 Å². The fourth-order valence-corrected chi connectivity index (χ4v) is 0.864. The van der Waals surface area contributed by atoms with Crippen LogP contribution in [0.15, 0.2) is 34.8 Å². The lowest BCUT2D eigenvalue weighted by Crippen LogP contribution is -2.14. The van der Waals surface area contributed by atoms with Gasteiger partial charge in [-0.05, 0) is 13.0 Å². The highest BCUT2D eigenvalue weighted by Gasteiger charge is 2.08. The van der Waals surface area contributed by atoms with Gasteiger partial charge in [0.05, 0.1) is 0 Å². The van der Waals surface area contributed by atoms with E-state index in [1.165, 1.54) is 18.5 Å². The van der Waals surface area contributed by atoms with E-state index in [1.807, 2.05) is 0 Å². The molecule has 0 radical (unpaired) electrons. The van der Waals surface area contributed by atoms with E-state index in [2.05, 4.69) is 22.1 Å². The number of hydrazone groups is 1. The highest BCUT2D eigenvalue weighted by atomic mass is 35.5. The minimum Gasteiger partial charge on any atom is -0.262 e. The van der Waals surface area contributed by atoms with Gasteiger partial charge in [0.25, 0.3) is 0 Å². The number of aliphatic imine (C=N–C) groups is 1. The molecule has 0 rings (SSSR count). The van der Waals surface area contributed by atoms with E-state index >= 15 is 0 Å². The predicted octanol–water partition coefficient (Wildman–Crippen LogP) is 3.57. The molecule has 0 aromatic heterocycles. The summed E-state index contributed by atoms with van der Waals surface area (Å²) in [4.78, 5) is 3.73. The van der Waals surface area contributed by atoms with Gasteiger partial charge in [-0.3, -0.25) is 5.43 Å². The summed E-state index contributed by atoms with van der Waals surface area (Å²) in [7, 11) is 0. The maximum absolute atomic E-state index is 12.0. The molecule has 0 aromatic carbocycles. The summed E-state index contributed by atoms with van der Waals surface area (Å²) in [5, 5.41) is 3.99. The third-order valence-corrected chi connectivity index (χ3v) is 2.17. The van der Waals surface area contributed by atoms with Crippen LogP contribution in [0, 0.1) is 0 Å². The van der Waals surface area contributed by atoms with Gasteiger partial charge in [-0.25, -0.2) is 4.99 Å². The molecule has 0 saturated carbocycles. The number of allylic oxidation sites excluding steroid dienone is 1. The zero-order chi connectivity index (χ0) is 12.4. The van der Waals surface area contributed by atoms with Crippen LogP contribution in [0.4, 0.5) is 7.77 Å². The van der Waals surface area contributed by atoms with Crippen molar-refractivity contribution in [2.45, 2.75) is 6.92 Å². The molecule has 9 heteroatoms. The molecule has 0 fully saturated rings. The Balaban J connectivity index is 3.96. The molecule has 90 valence electrons. The first-order valence-electron chi connectivity index (χ1n) is 3.82. The van der Waals surface area contributed by atoms with Gasteiger partial charge < -0.3 is 0 Å². The average Bonchev–Trinajstić information content (AvgIpc) is 2.24. The lowest BCUT2D eigenvalue weighted by atomic mass is 10.6. The Morgan fingerprint density at radius 3 is 2.62 bits per heavy atom. The van der Waals surface area contributed by atoms with Crippen LogP contribution in [-0.4, -0.2) is 15.1 Å². The summed E-state index contributed by atoms with van der Waals surface area (Å²) in [6.07, 6.45) is 4.24. The van der Waals surface area contributed by atoms with Crippen molar-refractivity contribution in [3.05, 3.63) is 24.7 Å². The van der Waals surface area contributed by atoms with Gasteiger partial charge in [-0.2, -0.15) is 8.81 Å². The molecule has 0 aliphatic heterocycles. The van der Waals surface area contributed by atoms with Gasteiger partial charge in [0.15, 0.2) is 24.7 Å². The van der Waals surface area contributed by atoms with Crippen LogP contribution in [0.3, 0.4) is 0 Å². The second-order valence-electron chi connectivity index (χ2n) is 2.20. The zero-order valence-electron chi connectivity index (χ0n) is 8.23. The second-order valence-corrected chi connectivity index (χ2v) is 3.98. The number of hydrogen-bond donors (Lipinski definition) is 1. The molecular weight excluding hydrogens is 278 g/mol. The van der Waals surface area contributed by atoms with Crippen molar-refractivity contribution in [3.8, 4) is 0 Å². The van der Waals surface area contributed by atoms with E-state index < -0.39 is 0 Å². The van der Waals surface area contributed by atoms with Crippen LogP contribution < -0.4 is 5.43 Å². The Labute approximate surface area is 106 Å². The van der Waals surface area contributed by atoms with Crippen molar-refractivity contribution < 1.29 is 7.77 Å². The van der Waals surface area contributed by atoms with E-state index in [-0.39, 0.29) is 30.5 Å². The summed E-state index contributed by atoms with van der Waals surface area (Å²) in [6.45, 7) is 4.97. The zero-order valence-corrected chi connectivity index (χ0v) is 10.6. The van der Waals surface area contributed by atoms with Crippen LogP contribution >= 0.6 is 36.3 Å². The van der Waals surface area contributed by atoms with Gasteiger partial charge in [0, 0.05) is 12.4 Å². The fraction of sp³-hybridized carbons (Fsp3) is 0.143. The molecular formula is C7H9ClF2N4S2. The van der Waals surface area contributed by atoms with Crippen molar-refractivity contribution >= 4 is 47.7 Å². The Hall–Kier alpha value is -0.730. The molecule has 0 aliphatic rings. The van der Waals surface area contributed by atoms with Gasteiger partial charge in [-0.15, -0.1) is 7.77 Å². The van der Waals surface area contributed by atoms with Crippen LogP contribution in [0.25, 0.3) is 0 Å². The topological polar surface area (TPSA) is 40.0 Å². The molecule has 1 N–H and O–H groups in total. The maximum Gasteiger partial charge on any atom is 0.179 e. The summed E-state index contributed by atoms with van der Waals surface area (Å²) >= 11 is 4.81. The molecule has 16 heavy (non-hydrogen) atoms. The van der Waals surface area contributed by atoms with Gasteiger partial charge >= 0.3 is 0 Å². The largest absolute Gasteiger partial charge is 0.262 e. The van der Waals surface area contributed by atoms with Crippen LogP contribution in [0.1, 0.15) is 6.92 Å². The molecule has 0 spiro atoms. The molecule has 0 aliphatic carbocycles. The van der Waals surface area contributed by atoms with Crippen LogP contribution in [0.2, 0.25) is 0 Å².